The van der Waals surface area contributed by atoms with Crippen LogP contribution in [0.3, 0.4) is 0 Å². The van der Waals surface area contributed by atoms with E-state index in [-0.39, 0.29) is 10.9 Å². The summed E-state index contributed by atoms with van der Waals surface area (Å²) in [6, 6.07) is 2.88. The minimum atomic E-state index is -0.192. The van der Waals surface area contributed by atoms with Crippen molar-refractivity contribution in [2.24, 2.45) is 0 Å². The van der Waals surface area contributed by atoms with Crippen LogP contribution in [0.1, 0.15) is 5.69 Å². The molecule has 1 rings (SSSR count). The van der Waals surface area contributed by atoms with Gasteiger partial charge in [-0.1, -0.05) is 0 Å². The fourth-order valence-corrected chi connectivity index (χ4v) is 0.791. The predicted molar refractivity (Wildman–Crippen MR) is 36.8 cm³/mol. The highest BCUT2D eigenvalue weighted by atomic mass is 35.5. The lowest BCUT2D eigenvalue weighted by Gasteiger charge is -2.01. The summed E-state index contributed by atoms with van der Waals surface area (Å²) in [6.45, 7) is 1.61. The molecule has 0 amide bonds. The van der Waals surface area contributed by atoms with Crippen molar-refractivity contribution >= 4 is 11.6 Å². The Morgan fingerprint density at radius 1 is 1.60 bits per heavy atom. The number of aryl methyl sites for hydroxylation is 1. The molecule has 0 spiro atoms. The van der Waals surface area contributed by atoms with Gasteiger partial charge in [0.1, 0.15) is 0 Å². The summed E-state index contributed by atoms with van der Waals surface area (Å²) in [7, 11) is 0. The minimum Gasteiger partial charge on any atom is -0.617 e. The molecule has 0 aliphatic heterocycles. The first-order valence-corrected chi connectivity index (χ1v) is 3.08. The van der Waals surface area contributed by atoms with Crippen molar-refractivity contribution in [2.45, 2.75) is 6.92 Å². The van der Waals surface area contributed by atoms with Gasteiger partial charge in [0.15, 0.2) is 5.69 Å². The van der Waals surface area contributed by atoms with Gasteiger partial charge in [-0.2, -0.15) is 4.73 Å². The van der Waals surface area contributed by atoms with Gasteiger partial charge in [-0.05, 0) is 17.7 Å². The Labute approximate surface area is 63.1 Å². The number of pyridine rings is 1. The molecular formula is C6H6ClNO2. The third kappa shape index (κ3) is 0.998. The van der Waals surface area contributed by atoms with Crippen LogP contribution in [-0.2, 0) is 0 Å². The Morgan fingerprint density at radius 3 is 2.70 bits per heavy atom. The van der Waals surface area contributed by atoms with Gasteiger partial charge in [0.05, 0.1) is 0 Å². The molecule has 4 heteroatoms. The Morgan fingerprint density at radius 2 is 2.20 bits per heavy atom. The fraction of sp³-hybridized carbons (Fsp3) is 0.167. The monoisotopic (exact) mass is 159 g/mol. The summed E-state index contributed by atoms with van der Waals surface area (Å²) in [5.74, 6) is -0.192. The standard InChI is InChI=1S/C6H6ClNO2/c1-4-2-3-5(9)6(7)8(4)10/h2-3,9H,1H3. The number of hydrogen-bond acceptors (Lipinski definition) is 2. The zero-order valence-corrected chi connectivity index (χ0v) is 6.09. The fourth-order valence-electron chi connectivity index (χ4n) is 0.595. The largest absolute Gasteiger partial charge is 0.617 e. The first-order chi connectivity index (χ1) is 4.63. The minimum absolute atomic E-state index is 0.181. The van der Waals surface area contributed by atoms with E-state index < -0.39 is 0 Å². The first kappa shape index (κ1) is 7.15. The second-order valence-electron chi connectivity index (χ2n) is 1.95. The summed E-state index contributed by atoms with van der Waals surface area (Å²) in [5, 5.41) is 19.5. The van der Waals surface area contributed by atoms with E-state index in [0.29, 0.717) is 10.4 Å². The summed E-state index contributed by atoms with van der Waals surface area (Å²) in [5.41, 5.74) is 0.461. The maximum Gasteiger partial charge on any atom is 0.328 e. The van der Waals surface area contributed by atoms with Gasteiger partial charge in [0.2, 0.25) is 5.75 Å². The summed E-state index contributed by atoms with van der Waals surface area (Å²) < 4.78 is 0.469. The second kappa shape index (κ2) is 2.34. The van der Waals surface area contributed by atoms with Crippen molar-refractivity contribution in [3.8, 4) is 5.75 Å². The maximum absolute atomic E-state index is 10.8. The third-order valence-corrected chi connectivity index (χ3v) is 1.54. The van der Waals surface area contributed by atoms with Gasteiger partial charge in [0.25, 0.3) is 0 Å². The van der Waals surface area contributed by atoms with E-state index in [0.717, 1.165) is 0 Å². The zero-order chi connectivity index (χ0) is 7.72. The molecule has 0 aromatic carbocycles. The molecule has 1 heterocycles. The number of nitrogens with zero attached hydrogens (tertiary/aromatic N) is 1. The average molecular weight is 160 g/mol. The topological polar surface area (TPSA) is 47.2 Å². The van der Waals surface area contributed by atoms with Crippen molar-refractivity contribution < 1.29 is 9.84 Å². The van der Waals surface area contributed by atoms with Crippen LogP contribution in [-0.4, -0.2) is 5.11 Å². The Balaban J connectivity index is 3.34. The first-order valence-electron chi connectivity index (χ1n) is 2.70. The van der Waals surface area contributed by atoms with E-state index in [1.165, 1.54) is 12.1 Å². The quantitative estimate of drug-likeness (QED) is 0.349. The number of aromatic nitrogens is 1. The molecule has 0 radical (unpaired) electrons. The van der Waals surface area contributed by atoms with Crippen LogP contribution in [0.2, 0.25) is 5.15 Å². The molecule has 1 N–H and O–H groups in total. The lowest BCUT2D eigenvalue weighted by molar-refractivity contribution is -0.610. The molecule has 0 fully saturated rings. The highest BCUT2D eigenvalue weighted by Crippen LogP contribution is 2.17. The van der Waals surface area contributed by atoms with E-state index >= 15 is 0 Å². The summed E-state index contributed by atoms with van der Waals surface area (Å²) in [6.07, 6.45) is 0. The Hall–Kier alpha value is -0.960. The molecule has 0 atom stereocenters. The van der Waals surface area contributed by atoms with E-state index in [2.05, 4.69) is 0 Å². The summed E-state index contributed by atoms with van der Waals surface area (Å²) in [4.78, 5) is 0. The lowest BCUT2D eigenvalue weighted by atomic mass is 10.4. The van der Waals surface area contributed by atoms with Crippen LogP contribution in [0.5, 0.6) is 5.75 Å². The van der Waals surface area contributed by atoms with Crippen LogP contribution in [0, 0.1) is 12.1 Å². The Kier molecular flexibility index (Phi) is 1.68. The average Bonchev–Trinajstić information content (AvgIpc) is 1.93. The van der Waals surface area contributed by atoms with Gasteiger partial charge < -0.3 is 10.3 Å². The molecule has 10 heavy (non-hydrogen) atoms. The van der Waals surface area contributed by atoms with Gasteiger partial charge in [-0.25, -0.2) is 0 Å². The molecule has 0 unspecified atom stereocenters. The number of aromatic hydroxyl groups is 1. The molecule has 1 aromatic rings. The molecule has 54 valence electrons. The van der Waals surface area contributed by atoms with Gasteiger partial charge >= 0.3 is 5.15 Å². The maximum atomic E-state index is 10.8. The van der Waals surface area contributed by atoms with E-state index in [4.69, 9.17) is 16.7 Å². The molecule has 3 nitrogen and oxygen atoms in total. The van der Waals surface area contributed by atoms with Crippen LogP contribution in [0.4, 0.5) is 0 Å². The number of rotatable bonds is 0. The van der Waals surface area contributed by atoms with Crippen LogP contribution in [0.15, 0.2) is 12.1 Å². The van der Waals surface area contributed by atoms with Crippen LogP contribution >= 0.6 is 11.6 Å². The number of hydrogen-bond donors (Lipinski definition) is 1. The highest BCUT2D eigenvalue weighted by molar-refractivity contribution is 6.29. The van der Waals surface area contributed by atoms with Crippen molar-refractivity contribution in [1.29, 1.82) is 0 Å². The molecule has 1 aromatic heterocycles. The van der Waals surface area contributed by atoms with Crippen LogP contribution < -0.4 is 4.73 Å². The van der Waals surface area contributed by atoms with Crippen molar-refractivity contribution in [3.63, 3.8) is 0 Å². The molecule has 0 bridgehead atoms. The SMILES string of the molecule is Cc1ccc(O)c(Cl)[n+]1[O-]. The van der Waals surface area contributed by atoms with Crippen molar-refractivity contribution in [1.82, 2.24) is 0 Å². The molecule has 0 saturated heterocycles. The zero-order valence-electron chi connectivity index (χ0n) is 5.34. The van der Waals surface area contributed by atoms with Gasteiger partial charge in [0, 0.05) is 13.0 Å². The van der Waals surface area contributed by atoms with Gasteiger partial charge in [-0.15, -0.1) is 0 Å². The predicted octanol–water partition coefficient (Wildman–Crippen LogP) is 0.987. The normalized spacial score (nSPS) is 9.80. The van der Waals surface area contributed by atoms with Crippen LogP contribution in [0.25, 0.3) is 0 Å². The molecule has 0 aliphatic rings. The Bertz CT molecular complexity index is 235. The van der Waals surface area contributed by atoms with Crippen molar-refractivity contribution in [3.05, 3.63) is 28.2 Å². The molecule has 0 saturated carbocycles. The smallest absolute Gasteiger partial charge is 0.328 e. The third-order valence-electron chi connectivity index (χ3n) is 1.19. The lowest BCUT2D eigenvalue weighted by Crippen LogP contribution is -2.30. The van der Waals surface area contributed by atoms with Crippen molar-refractivity contribution in [2.75, 3.05) is 0 Å². The summed E-state index contributed by atoms with van der Waals surface area (Å²) >= 11 is 5.38. The van der Waals surface area contributed by atoms with E-state index in [9.17, 15) is 5.21 Å². The van der Waals surface area contributed by atoms with Gasteiger partial charge in [-0.3, -0.25) is 0 Å². The highest BCUT2D eigenvalue weighted by Gasteiger charge is 2.09. The molecule has 0 aliphatic carbocycles. The molecular weight excluding hydrogens is 154 g/mol. The number of halogens is 1. The van der Waals surface area contributed by atoms with E-state index in [1.807, 2.05) is 0 Å². The van der Waals surface area contributed by atoms with E-state index in [1.54, 1.807) is 6.92 Å². The second-order valence-corrected chi connectivity index (χ2v) is 2.30.